The molecule has 1 saturated heterocycles. The van der Waals surface area contributed by atoms with Crippen molar-refractivity contribution < 1.29 is 4.74 Å². The predicted octanol–water partition coefficient (Wildman–Crippen LogP) is 3.11. The third-order valence-corrected chi connectivity index (χ3v) is 5.90. The fourth-order valence-corrected chi connectivity index (χ4v) is 5.62. The topological polar surface area (TPSA) is 21.3 Å². The summed E-state index contributed by atoms with van der Waals surface area (Å²) in [6, 6.07) is 0. The normalized spacial score (nSPS) is 51.3. The summed E-state index contributed by atoms with van der Waals surface area (Å²) in [6.07, 6.45) is 13.2. The Morgan fingerprint density at radius 3 is 2.22 bits per heavy atom. The van der Waals surface area contributed by atoms with Crippen LogP contribution in [0.3, 0.4) is 0 Å². The molecule has 4 aliphatic carbocycles. The van der Waals surface area contributed by atoms with Crippen LogP contribution in [0.4, 0.5) is 0 Å². The Hall–Kier alpha value is -0.0800. The minimum atomic E-state index is 0.311. The van der Waals surface area contributed by atoms with Gasteiger partial charge < -0.3 is 10.1 Å². The summed E-state index contributed by atoms with van der Waals surface area (Å²) in [5, 5.41) is 3.55. The zero-order chi connectivity index (χ0) is 12.0. The van der Waals surface area contributed by atoms with E-state index in [1.807, 2.05) is 0 Å². The summed E-state index contributed by atoms with van der Waals surface area (Å²) in [4.78, 5) is 0. The Labute approximate surface area is 111 Å². The lowest BCUT2D eigenvalue weighted by Crippen LogP contribution is -2.54. The second-order valence-corrected chi connectivity index (χ2v) is 7.54. The Morgan fingerprint density at radius 1 is 0.889 bits per heavy atom. The molecule has 1 N–H and O–H groups in total. The number of nitrogens with one attached hydrogen (secondary N) is 1. The largest absolute Gasteiger partial charge is 0.370 e. The minimum absolute atomic E-state index is 0.311. The van der Waals surface area contributed by atoms with E-state index in [9.17, 15) is 0 Å². The van der Waals surface area contributed by atoms with Gasteiger partial charge in [-0.25, -0.2) is 0 Å². The second-order valence-electron chi connectivity index (χ2n) is 7.54. The van der Waals surface area contributed by atoms with Gasteiger partial charge in [-0.2, -0.15) is 0 Å². The first-order valence-electron chi connectivity index (χ1n) is 8.20. The van der Waals surface area contributed by atoms with Crippen LogP contribution >= 0.6 is 0 Å². The highest BCUT2D eigenvalue weighted by atomic mass is 16.5. The van der Waals surface area contributed by atoms with Gasteiger partial charge in [0, 0.05) is 6.54 Å². The van der Waals surface area contributed by atoms with Crippen LogP contribution in [-0.2, 0) is 4.74 Å². The van der Waals surface area contributed by atoms with Gasteiger partial charge in [0.15, 0.2) is 0 Å². The molecule has 0 amide bonds. The quantitative estimate of drug-likeness (QED) is 0.812. The van der Waals surface area contributed by atoms with Crippen LogP contribution < -0.4 is 5.32 Å². The maximum absolute atomic E-state index is 6.71. The molecule has 4 bridgehead atoms. The van der Waals surface area contributed by atoms with Crippen molar-refractivity contribution in [1.82, 2.24) is 5.32 Å². The molecule has 5 aliphatic rings. The highest BCUT2D eigenvalue weighted by Gasteiger charge is 2.52. The number of ether oxygens (including phenoxy) is 1. The van der Waals surface area contributed by atoms with Crippen LogP contribution in [0, 0.1) is 17.8 Å². The summed E-state index contributed by atoms with van der Waals surface area (Å²) < 4.78 is 6.71. The maximum Gasteiger partial charge on any atom is 0.0707 e. The molecular formula is C16H27NO. The lowest BCUT2D eigenvalue weighted by atomic mass is 9.54. The summed E-state index contributed by atoms with van der Waals surface area (Å²) in [5.41, 5.74) is 0.311. The molecule has 5 rings (SSSR count). The van der Waals surface area contributed by atoms with Gasteiger partial charge in [-0.1, -0.05) is 0 Å². The molecule has 1 aliphatic heterocycles. The van der Waals surface area contributed by atoms with Crippen LogP contribution in [-0.4, -0.2) is 24.8 Å². The van der Waals surface area contributed by atoms with Crippen molar-refractivity contribution in [3.8, 4) is 0 Å². The van der Waals surface area contributed by atoms with E-state index in [-0.39, 0.29) is 0 Å². The van der Waals surface area contributed by atoms with E-state index in [1.165, 1.54) is 64.3 Å². The minimum Gasteiger partial charge on any atom is -0.370 e. The van der Waals surface area contributed by atoms with Crippen molar-refractivity contribution in [1.29, 1.82) is 0 Å². The van der Waals surface area contributed by atoms with Crippen molar-refractivity contribution >= 4 is 0 Å². The average molecular weight is 249 g/mol. The lowest BCUT2D eigenvalue weighted by Gasteiger charge is -2.57. The van der Waals surface area contributed by atoms with Crippen molar-refractivity contribution in [2.24, 2.45) is 17.8 Å². The fraction of sp³-hybridized carbons (Fsp3) is 1.00. The first-order chi connectivity index (χ1) is 8.81. The highest BCUT2D eigenvalue weighted by Crippen LogP contribution is 2.57. The molecule has 0 aromatic rings. The standard InChI is InChI=1S/C16H27NO/c1-2-4-17-11-15(3-1)18-16-8-12-5-13(9-16)7-14(6-12)10-16/h12-15,17H,1-11H2. The highest BCUT2D eigenvalue weighted by molar-refractivity contribution is 5.03. The number of rotatable bonds is 2. The third-order valence-electron chi connectivity index (χ3n) is 5.90. The molecule has 1 atom stereocenters. The van der Waals surface area contributed by atoms with E-state index in [4.69, 9.17) is 4.74 Å². The van der Waals surface area contributed by atoms with Crippen LogP contribution in [0.25, 0.3) is 0 Å². The number of hydrogen-bond donors (Lipinski definition) is 1. The zero-order valence-electron chi connectivity index (χ0n) is 11.5. The third kappa shape index (κ3) is 2.12. The Bertz CT molecular complexity index is 271. The summed E-state index contributed by atoms with van der Waals surface area (Å²) >= 11 is 0. The first-order valence-corrected chi connectivity index (χ1v) is 8.20. The molecule has 0 radical (unpaired) electrons. The van der Waals surface area contributed by atoms with E-state index in [0.717, 1.165) is 24.3 Å². The van der Waals surface area contributed by atoms with E-state index >= 15 is 0 Å². The zero-order valence-corrected chi connectivity index (χ0v) is 11.5. The fourth-order valence-electron chi connectivity index (χ4n) is 5.62. The van der Waals surface area contributed by atoms with Crippen molar-refractivity contribution in [3.05, 3.63) is 0 Å². The summed E-state index contributed by atoms with van der Waals surface area (Å²) in [7, 11) is 0. The molecule has 0 aromatic carbocycles. The van der Waals surface area contributed by atoms with Crippen molar-refractivity contribution in [2.45, 2.75) is 69.5 Å². The monoisotopic (exact) mass is 249 g/mol. The molecule has 0 aromatic heterocycles. The van der Waals surface area contributed by atoms with Gasteiger partial charge in [0.05, 0.1) is 11.7 Å². The average Bonchev–Trinajstić information content (AvgIpc) is 2.55. The maximum atomic E-state index is 6.71. The van der Waals surface area contributed by atoms with Crippen LogP contribution in [0.1, 0.15) is 57.8 Å². The van der Waals surface area contributed by atoms with Crippen LogP contribution in [0.5, 0.6) is 0 Å². The molecule has 4 saturated carbocycles. The van der Waals surface area contributed by atoms with Crippen molar-refractivity contribution in [2.75, 3.05) is 13.1 Å². The van der Waals surface area contributed by atoms with Gasteiger partial charge in [-0.3, -0.25) is 0 Å². The molecule has 0 spiro atoms. The first kappa shape index (κ1) is 11.7. The molecule has 18 heavy (non-hydrogen) atoms. The Balaban J connectivity index is 1.46. The Morgan fingerprint density at radius 2 is 1.56 bits per heavy atom. The molecule has 2 heteroatoms. The smallest absolute Gasteiger partial charge is 0.0707 e. The van der Waals surface area contributed by atoms with Gasteiger partial charge >= 0.3 is 0 Å². The van der Waals surface area contributed by atoms with Crippen LogP contribution in [0.15, 0.2) is 0 Å². The van der Waals surface area contributed by atoms with E-state index in [1.54, 1.807) is 0 Å². The van der Waals surface area contributed by atoms with Gasteiger partial charge in [0.25, 0.3) is 0 Å². The molecule has 1 unspecified atom stereocenters. The van der Waals surface area contributed by atoms with Crippen LogP contribution in [0.2, 0.25) is 0 Å². The van der Waals surface area contributed by atoms with E-state index in [0.29, 0.717) is 11.7 Å². The molecule has 102 valence electrons. The van der Waals surface area contributed by atoms with E-state index < -0.39 is 0 Å². The Kier molecular flexibility index (Phi) is 2.92. The molecule has 5 fully saturated rings. The molecule has 1 heterocycles. The lowest BCUT2D eigenvalue weighted by molar-refractivity contribution is -0.187. The number of hydrogen-bond acceptors (Lipinski definition) is 2. The summed E-state index contributed by atoms with van der Waals surface area (Å²) in [5.74, 6) is 3.03. The van der Waals surface area contributed by atoms with Gasteiger partial charge in [0.2, 0.25) is 0 Å². The SMILES string of the molecule is C1CCC(OC23CC4CC(CC(C4)C2)C3)CNC1. The van der Waals surface area contributed by atoms with Gasteiger partial charge in [0.1, 0.15) is 0 Å². The van der Waals surface area contributed by atoms with E-state index in [2.05, 4.69) is 5.32 Å². The van der Waals surface area contributed by atoms with Gasteiger partial charge in [-0.15, -0.1) is 0 Å². The molecular weight excluding hydrogens is 222 g/mol. The van der Waals surface area contributed by atoms with Gasteiger partial charge in [-0.05, 0) is 82.1 Å². The predicted molar refractivity (Wildman–Crippen MR) is 72.5 cm³/mol. The second kappa shape index (κ2) is 4.49. The molecule has 2 nitrogen and oxygen atoms in total. The van der Waals surface area contributed by atoms with Crippen molar-refractivity contribution in [3.63, 3.8) is 0 Å². The summed E-state index contributed by atoms with van der Waals surface area (Å²) in [6.45, 7) is 2.29.